The predicted octanol–water partition coefficient (Wildman–Crippen LogP) is 3.09. The van der Waals surface area contributed by atoms with E-state index in [4.69, 9.17) is 0 Å². The highest BCUT2D eigenvalue weighted by molar-refractivity contribution is 5.77. The van der Waals surface area contributed by atoms with E-state index in [0.29, 0.717) is 12.3 Å². The first-order chi connectivity index (χ1) is 12.4. The SMILES string of the molecule is CC(C)N1CC(CN(C)Cc2cnn(-c3ccc(F)cc3)c2)CCC1=O. The molecule has 1 aromatic carbocycles. The Hall–Kier alpha value is -2.21. The average Bonchev–Trinajstić information content (AvgIpc) is 3.05. The number of rotatable bonds is 6. The van der Waals surface area contributed by atoms with Crippen LogP contribution in [0.2, 0.25) is 0 Å². The fraction of sp³-hybridized carbons (Fsp3) is 0.500. The quantitative estimate of drug-likeness (QED) is 0.797. The van der Waals surface area contributed by atoms with Gasteiger partial charge in [0.2, 0.25) is 5.91 Å². The molecule has 1 amide bonds. The highest BCUT2D eigenvalue weighted by Crippen LogP contribution is 2.21. The summed E-state index contributed by atoms with van der Waals surface area (Å²) in [6, 6.07) is 6.58. The summed E-state index contributed by atoms with van der Waals surface area (Å²) in [6.07, 6.45) is 5.44. The van der Waals surface area contributed by atoms with Crippen LogP contribution in [0.5, 0.6) is 0 Å². The number of hydrogen-bond acceptors (Lipinski definition) is 3. The zero-order valence-electron chi connectivity index (χ0n) is 15.7. The van der Waals surface area contributed by atoms with Gasteiger partial charge in [-0.05, 0) is 57.5 Å². The number of nitrogens with zero attached hydrogens (tertiary/aromatic N) is 4. The molecule has 1 atom stereocenters. The monoisotopic (exact) mass is 358 g/mol. The number of hydrogen-bond donors (Lipinski definition) is 0. The van der Waals surface area contributed by atoms with E-state index in [2.05, 4.69) is 30.9 Å². The number of halogens is 1. The summed E-state index contributed by atoms with van der Waals surface area (Å²) in [6.45, 7) is 6.75. The predicted molar refractivity (Wildman–Crippen MR) is 99.4 cm³/mol. The molecule has 1 unspecified atom stereocenters. The highest BCUT2D eigenvalue weighted by Gasteiger charge is 2.27. The van der Waals surface area contributed by atoms with E-state index >= 15 is 0 Å². The lowest BCUT2D eigenvalue weighted by atomic mass is 9.96. The van der Waals surface area contributed by atoms with Crippen LogP contribution in [0.1, 0.15) is 32.3 Å². The van der Waals surface area contributed by atoms with Crippen molar-refractivity contribution in [3.8, 4) is 5.69 Å². The van der Waals surface area contributed by atoms with Crippen LogP contribution in [0.4, 0.5) is 4.39 Å². The van der Waals surface area contributed by atoms with Crippen LogP contribution in [-0.4, -0.2) is 51.7 Å². The van der Waals surface area contributed by atoms with Crippen molar-refractivity contribution in [1.82, 2.24) is 19.6 Å². The van der Waals surface area contributed by atoms with Crippen molar-refractivity contribution in [2.24, 2.45) is 5.92 Å². The van der Waals surface area contributed by atoms with Crippen molar-refractivity contribution in [3.63, 3.8) is 0 Å². The third-order valence-corrected chi connectivity index (χ3v) is 4.91. The Kier molecular flexibility index (Phi) is 5.71. The molecule has 3 rings (SSSR count). The van der Waals surface area contributed by atoms with Crippen molar-refractivity contribution in [3.05, 3.63) is 48.0 Å². The molecule has 0 saturated carbocycles. The minimum Gasteiger partial charge on any atom is -0.340 e. The molecule has 1 aliphatic heterocycles. The molecular formula is C20H27FN4O. The van der Waals surface area contributed by atoms with Gasteiger partial charge < -0.3 is 9.80 Å². The first-order valence-electron chi connectivity index (χ1n) is 9.20. The van der Waals surface area contributed by atoms with Gasteiger partial charge in [-0.2, -0.15) is 5.10 Å². The summed E-state index contributed by atoms with van der Waals surface area (Å²) in [4.78, 5) is 16.3. The largest absolute Gasteiger partial charge is 0.340 e. The molecule has 140 valence electrons. The van der Waals surface area contributed by atoms with Crippen LogP contribution in [0.15, 0.2) is 36.7 Å². The number of carbonyl (C=O) groups is 1. The smallest absolute Gasteiger partial charge is 0.222 e. The molecule has 0 spiro atoms. The third kappa shape index (κ3) is 4.49. The second kappa shape index (κ2) is 7.99. The summed E-state index contributed by atoms with van der Waals surface area (Å²) in [5.41, 5.74) is 1.96. The zero-order valence-corrected chi connectivity index (χ0v) is 15.7. The third-order valence-electron chi connectivity index (χ3n) is 4.91. The molecule has 0 aliphatic carbocycles. The van der Waals surface area contributed by atoms with Crippen molar-refractivity contribution in [1.29, 1.82) is 0 Å². The number of amides is 1. The van der Waals surface area contributed by atoms with Crippen molar-refractivity contribution in [2.75, 3.05) is 20.1 Å². The molecule has 2 heterocycles. The summed E-state index contributed by atoms with van der Waals surface area (Å²) in [5, 5.41) is 4.38. The molecule has 6 heteroatoms. The van der Waals surface area contributed by atoms with Crippen LogP contribution >= 0.6 is 0 Å². The lowest BCUT2D eigenvalue weighted by molar-refractivity contribution is -0.136. The maximum Gasteiger partial charge on any atom is 0.222 e. The van der Waals surface area contributed by atoms with E-state index < -0.39 is 0 Å². The standard InChI is InChI=1S/C20H27FN4O/c1-15(2)24-13-16(4-9-20(24)26)11-23(3)12-17-10-22-25(14-17)19-7-5-18(21)6-8-19/h5-8,10,14-16H,4,9,11-13H2,1-3H3. The van der Waals surface area contributed by atoms with Gasteiger partial charge in [0.15, 0.2) is 0 Å². The molecule has 1 fully saturated rings. The zero-order chi connectivity index (χ0) is 18.7. The van der Waals surface area contributed by atoms with Gasteiger partial charge in [-0.1, -0.05) is 0 Å². The van der Waals surface area contributed by atoms with E-state index in [0.717, 1.165) is 37.3 Å². The molecule has 0 bridgehead atoms. The molecular weight excluding hydrogens is 331 g/mol. The lowest BCUT2D eigenvalue weighted by Gasteiger charge is -2.37. The van der Waals surface area contributed by atoms with Gasteiger partial charge in [0.25, 0.3) is 0 Å². The molecule has 1 aromatic heterocycles. The van der Waals surface area contributed by atoms with Gasteiger partial charge in [-0.25, -0.2) is 9.07 Å². The van der Waals surface area contributed by atoms with Crippen LogP contribution < -0.4 is 0 Å². The highest BCUT2D eigenvalue weighted by atomic mass is 19.1. The Balaban J connectivity index is 1.56. The van der Waals surface area contributed by atoms with E-state index in [1.54, 1.807) is 16.8 Å². The van der Waals surface area contributed by atoms with Crippen LogP contribution in [0, 0.1) is 11.7 Å². The Morgan fingerprint density at radius 2 is 2.04 bits per heavy atom. The lowest BCUT2D eigenvalue weighted by Crippen LogP contribution is -2.46. The summed E-state index contributed by atoms with van der Waals surface area (Å²) >= 11 is 0. The Morgan fingerprint density at radius 1 is 1.31 bits per heavy atom. The van der Waals surface area contributed by atoms with Gasteiger partial charge in [0.05, 0.1) is 11.9 Å². The molecule has 5 nitrogen and oxygen atoms in total. The summed E-state index contributed by atoms with van der Waals surface area (Å²) in [5.74, 6) is 0.536. The molecule has 0 radical (unpaired) electrons. The first kappa shape index (κ1) is 18.6. The fourth-order valence-electron chi connectivity index (χ4n) is 3.58. The Bertz CT molecular complexity index is 741. The molecule has 1 aliphatic rings. The maximum atomic E-state index is 13.0. The topological polar surface area (TPSA) is 41.4 Å². The number of carbonyl (C=O) groups excluding carboxylic acids is 1. The van der Waals surface area contributed by atoms with Gasteiger partial charge in [-0.3, -0.25) is 4.79 Å². The maximum absolute atomic E-state index is 13.0. The van der Waals surface area contributed by atoms with Crippen LogP contribution in [-0.2, 0) is 11.3 Å². The van der Waals surface area contributed by atoms with Crippen molar-refractivity contribution >= 4 is 5.91 Å². The van der Waals surface area contributed by atoms with Gasteiger partial charge in [0, 0.05) is 43.9 Å². The van der Waals surface area contributed by atoms with Gasteiger partial charge >= 0.3 is 0 Å². The number of aromatic nitrogens is 2. The molecule has 2 aromatic rings. The Morgan fingerprint density at radius 3 is 2.73 bits per heavy atom. The van der Waals surface area contributed by atoms with Crippen LogP contribution in [0.3, 0.4) is 0 Å². The van der Waals surface area contributed by atoms with Crippen molar-refractivity contribution in [2.45, 2.75) is 39.3 Å². The first-order valence-corrected chi connectivity index (χ1v) is 9.20. The summed E-state index contributed by atoms with van der Waals surface area (Å²) < 4.78 is 14.8. The molecule has 0 N–H and O–H groups in total. The van der Waals surface area contributed by atoms with Crippen molar-refractivity contribution < 1.29 is 9.18 Å². The Labute approximate surface area is 154 Å². The van der Waals surface area contributed by atoms with E-state index in [1.165, 1.54) is 12.1 Å². The number of benzene rings is 1. The number of likely N-dealkylation sites (tertiary alicyclic amines) is 1. The minimum atomic E-state index is -0.248. The minimum absolute atomic E-state index is 0.248. The molecule has 1 saturated heterocycles. The van der Waals surface area contributed by atoms with E-state index in [9.17, 15) is 9.18 Å². The normalized spacial score (nSPS) is 18.2. The number of piperidine rings is 1. The van der Waals surface area contributed by atoms with E-state index in [1.807, 2.05) is 17.3 Å². The van der Waals surface area contributed by atoms with Gasteiger partial charge in [0.1, 0.15) is 5.82 Å². The van der Waals surface area contributed by atoms with Gasteiger partial charge in [-0.15, -0.1) is 0 Å². The second-order valence-corrected chi connectivity index (χ2v) is 7.51. The summed E-state index contributed by atoms with van der Waals surface area (Å²) in [7, 11) is 2.10. The fourth-order valence-corrected chi connectivity index (χ4v) is 3.58. The van der Waals surface area contributed by atoms with E-state index in [-0.39, 0.29) is 17.8 Å². The molecule has 26 heavy (non-hydrogen) atoms. The second-order valence-electron chi connectivity index (χ2n) is 7.51. The average molecular weight is 358 g/mol. The van der Waals surface area contributed by atoms with Crippen LogP contribution in [0.25, 0.3) is 5.69 Å².